The standard InChI is InChI=1S/C15H21NO2/c1-10(15(17)18)14(16-2)13-8-7-11-5-3-4-6-12(11)9-13/h7-10,14,16H,3-6H2,1-2H3,(H,17,18). The number of aryl methyl sites for hydroxylation is 2. The molecule has 2 N–H and O–H groups in total. The molecule has 98 valence electrons. The van der Waals surface area contributed by atoms with Gasteiger partial charge in [0.25, 0.3) is 0 Å². The second kappa shape index (κ2) is 5.53. The molecule has 3 nitrogen and oxygen atoms in total. The molecule has 2 atom stereocenters. The number of carboxylic acids is 1. The fourth-order valence-electron chi connectivity index (χ4n) is 2.79. The summed E-state index contributed by atoms with van der Waals surface area (Å²) >= 11 is 0. The summed E-state index contributed by atoms with van der Waals surface area (Å²) in [5.41, 5.74) is 3.92. The van der Waals surface area contributed by atoms with E-state index in [1.165, 1.54) is 24.0 Å². The van der Waals surface area contributed by atoms with Gasteiger partial charge in [0.2, 0.25) is 0 Å². The summed E-state index contributed by atoms with van der Waals surface area (Å²) in [6, 6.07) is 6.32. The van der Waals surface area contributed by atoms with Crippen LogP contribution >= 0.6 is 0 Å². The van der Waals surface area contributed by atoms with Gasteiger partial charge in [0.15, 0.2) is 0 Å². The van der Waals surface area contributed by atoms with E-state index in [2.05, 4.69) is 23.5 Å². The van der Waals surface area contributed by atoms with Gasteiger partial charge >= 0.3 is 5.97 Å². The molecule has 0 spiro atoms. The smallest absolute Gasteiger partial charge is 0.308 e. The van der Waals surface area contributed by atoms with E-state index in [9.17, 15) is 4.79 Å². The summed E-state index contributed by atoms with van der Waals surface area (Å²) in [6.45, 7) is 1.75. The van der Waals surface area contributed by atoms with Crippen molar-refractivity contribution in [3.05, 3.63) is 34.9 Å². The Balaban J connectivity index is 2.28. The molecule has 2 unspecified atom stereocenters. The van der Waals surface area contributed by atoms with Gasteiger partial charge in [-0.05, 0) is 49.4 Å². The van der Waals surface area contributed by atoms with Crippen molar-refractivity contribution in [1.29, 1.82) is 0 Å². The van der Waals surface area contributed by atoms with Crippen LogP contribution in [0.4, 0.5) is 0 Å². The molecule has 0 bridgehead atoms. The Kier molecular flexibility index (Phi) is 4.02. The maximum atomic E-state index is 11.1. The average Bonchev–Trinajstić information content (AvgIpc) is 2.39. The molecule has 0 heterocycles. The summed E-state index contributed by atoms with van der Waals surface area (Å²) in [5.74, 6) is -1.18. The lowest BCUT2D eigenvalue weighted by molar-refractivity contribution is -0.142. The van der Waals surface area contributed by atoms with Crippen molar-refractivity contribution in [1.82, 2.24) is 5.32 Å². The Labute approximate surface area is 108 Å². The molecule has 0 aromatic heterocycles. The van der Waals surface area contributed by atoms with Crippen molar-refractivity contribution in [2.45, 2.75) is 38.6 Å². The first-order valence-corrected chi connectivity index (χ1v) is 6.65. The van der Waals surface area contributed by atoms with Crippen molar-refractivity contribution in [2.75, 3.05) is 7.05 Å². The van der Waals surface area contributed by atoms with Crippen LogP contribution in [0.25, 0.3) is 0 Å². The highest BCUT2D eigenvalue weighted by Gasteiger charge is 2.24. The van der Waals surface area contributed by atoms with Gasteiger partial charge < -0.3 is 10.4 Å². The van der Waals surface area contributed by atoms with Gasteiger partial charge in [0.1, 0.15) is 0 Å². The molecule has 18 heavy (non-hydrogen) atoms. The number of carboxylic acid groups (broad SMARTS) is 1. The van der Waals surface area contributed by atoms with Gasteiger partial charge in [-0.1, -0.05) is 25.1 Å². The number of aliphatic carboxylic acids is 1. The molecular formula is C15H21NO2. The van der Waals surface area contributed by atoms with E-state index in [4.69, 9.17) is 5.11 Å². The fourth-order valence-corrected chi connectivity index (χ4v) is 2.79. The predicted molar refractivity (Wildman–Crippen MR) is 71.7 cm³/mol. The van der Waals surface area contributed by atoms with Gasteiger partial charge in [-0.25, -0.2) is 0 Å². The van der Waals surface area contributed by atoms with E-state index in [0.717, 1.165) is 18.4 Å². The zero-order valence-corrected chi connectivity index (χ0v) is 11.1. The Morgan fingerprint density at radius 3 is 2.56 bits per heavy atom. The van der Waals surface area contributed by atoms with Crippen LogP contribution in [0.15, 0.2) is 18.2 Å². The van der Waals surface area contributed by atoms with Crippen LogP contribution in [-0.2, 0) is 17.6 Å². The summed E-state index contributed by atoms with van der Waals surface area (Å²) in [6.07, 6.45) is 4.80. The zero-order chi connectivity index (χ0) is 13.1. The van der Waals surface area contributed by atoms with E-state index in [-0.39, 0.29) is 6.04 Å². The summed E-state index contributed by atoms with van der Waals surface area (Å²) in [4.78, 5) is 11.1. The highest BCUT2D eigenvalue weighted by Crippen LogP contribution is 2.27. The summed E-state index contributed by atoms with van der Waals surface area (Å²) in [5, 5.41) is 12.3. The number of benzene rings is 1. The lowest BCUT2D eigenvalue weighted by Crippen LogP contribution is -2.29. The second-order valence-corrected chi connectivity index (χ2v) is 5.13. The maximum Gasteiger partial charge on any atom is 0.308 e. The van der Waals surface area contributed by atoms with Gasteiger partial charge in [-0.15, -0.1) is 0 Å². The van der Waals surface area contributed by atoms with Crippen molar-refractivity contribution in [3.8, 4) is 0 Å². The highest BCUT2D eigenvalue weighted by atomic mass is 16.4. The molecular weight excluding hydrogens is 226 g/mol. The molecule has 0 aliphatic heterocycles. The Morgan fingerprint density at radius 2 is 1.94 bits per heavy atom. The second-order valence-electron chi connectivity index (χ2n) is 5.13. The van der Waals surface area contributed by atoms with E-state index in [0.29, 0.717) is 0 Å². The van der Waals surface area contributed by atoms with Crippen LogP contribution in [0.5, 0.6) is 0 Å². The molecule has 1 aromatic carbocycles. The number of nitrogens with one attached hydrogen (secondary N) is 1. The third-order valence-electron chi connectivity index (χ3n) is 3.93. The summed E-state index contributed by atoms with van der Waals surface area (Å²) in [7, 11) is 1.82. The van der Waals surface area contributed by atoms with Crippen molar-refractivity contribution >= 4 is 5.97 Å². The van der Waals surface area contributed by atoms with Gasteiger partial charge in [-0.2, -0.15) is 0 Å². The predicted octanol–water partition coefficient (Wildman–Crippen LogP) is 2.55. The molecule has 1 aliphatic carbocycles. The van der Waals surface area contributed by atoms with Crippen molar-refractivity contribution < 1.29 is 9.90 Å². The molecule has 2 rings (SSSR count). The minimum atomic E-state index is -0.757. The van der Waals surface area contributed by atoms with Crippen LogP contribution in [-0.4, -0.2) is 18.1 Å². The van der Waals surface area contributed by atoms with E-state index < -0.39 is 11.9 Å². The maximum absolute atomic E-state index is 11.1. The third-order valence-corrected chi connectivity index (χ3v) is 3.93. The molecule has 3 heteroatoms. The van der Waals surface area contributed by atoms with Crippen LogP contribution in [0.3, 0.4) is 0 Å². The van der Waals surface area contributed by atoms with Crippen molar-refractivity contribution in [2.24, 2.45) is 5.92 Å². The molecule has 0 saturated heterocycles. The van der Waals surface area contributed by atoms with E-state index in [1.807, 2.05) is 7.05 Å². The Hall–Kier alpha value is -1.35. The summed E-state index contributed by atoms with van der Waals surface area (Å²) < 4.78 is 0. The number of hydrogen-bond donors (Lipinski definition) is 2. The van der Waals surface area contributed by atoms with Crippen LogP contribution in [0.2, 0.25) is 0 Å². The van der Waals surface area contributed by atoms with Crippen LogP contribution in [0.1, 0.15) is 42.5 Å². The Morgan fingerprint density at radius 1 is 1.28 bits per heavy atom. The van der Waals surface area contributed by atoms with Gasteiger partial charge in [0.05, 0.1) is 5.92 Å². The Bertz CT molecular complexity index is 442. The first-order valence-electron chi connectivity index (χ1n) is 6.65. The molecule has 1 aromatic rings. The average molecular weight is 247 g/mol. The fraction of sp³-hybridized carbons (Fsp3) is 0.533. The highest BCUT2D eigenvalue weighted by molar-refractivity contribution is 5.70. The number of carbonyl (C=O) groups is 1. The molecule has 0 radical (unpaired) electrons. The van der Waals surface area contributed by atoms with Gasteiger partial charge in [0, 0.05) is 6.04 Å². The first-order chi connectivity index (χ1) is 8.63. The zero-order valence-electron chi connectivity index (χ0n) is 11.1. The SMILES string of the molecule is CNC(c1ccc2c(c1)CCCC2)C(C)C(=O)O. The number of fused-ring (bicyclic) bond motifs is 1. The third kappa shape index (κ3) is 2.56. The molecule has 1 aliphatic rings. The lowest BCUT2D eigenvalue weighted by Gasteiger charge is -2.23. The largest absolute Gasteiger partial charge is 0.481 e. The molecule has 0 saturated carbocycles. The quantitative estimate of drug-likeness (QED) is 0.859. The van der Waals surface area contributed by atoms with Gasteiger partial charge in [-0.3, -0.25) is 4.79 Å². The number of hydrogen-bond acceptors (Lipinski definition) is 2. The monoisotopic (exact) mass is 247 g/mol. The van der Waals surface area contributed by atoms with E-state index in [1.54, 1.807) is 6.92 Å². The normalized spacial score (nSPS) is 17.9. The number of rotatable bonds is 4. The van der Waals surface area contributed by atoms with Crippen molar-refractivity contribution in [3.63, 3.8) is 0 Å². The minimum absolute atomic E-state index is 0.116. The molecule has 0 fully saturated rings. The first kappa shape index (κ1) is 13.1. The van der Waals surface area contributed by atoms with Crippen LogP contribution < -0.4 is 5.32 Å². The topological polar surface area (TPSA) is 49.3 Å². The molecule has 0 amide bonds. The lowest BCUT2D eigenvalue weighted by atomic mass is 9.87. The van der Waals surface area contributed by atoms with Crippen LogP contribution in [0, 0.1) is 5.92 Å². The van der Waals surface area contributed by atoms with E-state index >= 15 is 0 Å². The minimum Gasteiger partial charge on any atom is -0.481 e.